The zero-order chi connectivity index (χ0) is 33.9. The molecule has 4 N–H and O–H groups in total. The van der Waals surface area contributed by atoms with Crippen LogP contribution in [0.15, 0.2) is 24.3 Å². The Labute approximate surface area is 273 Å². The number of rotatable bonds is 9. The van der Waals surface area contributed by atoms with Crippen molar-refractivity contribution in [2.75, 3.05) is 41.0 Å². The third-order valence-corrected chi connectivity index (χ3v) is 9.59. The molecule has 7 rings (SSSR count). The van der Waals surface area contributed by atoms with Crippen LogP contribution in [0.2, 0.25) is 0 Å². The van der Waals surface area contributed by atoms with Crippen molar-refractivity contribution in [3.63, 3.8) is 0 Å². The van der Waals surface area contributed by atoms with Gasteiger partial charge in [0.05, 0.1) is 39.5 Å². The molecule has 3 saturated heterocycles. The number of phosphoric ester groups is 1. The first-order valence-corrected chi connectivity index (χ1v) is 16.6. The number of fused-ring (bicyclic) bond motifs is 4. The molecule has 3 fully saturated rings. The van der Waals surface area contributed by atoms with E-state index in [9.17, 15) is 19.6 Å². The summed E-state index contributed by atoms with van der Waals surface area (Å²) in [6.45, 7) is 0.951. The monoisotopic (exact) mass is 698 g/mol. The van der Waals surface area contributed by atoms with Gasteiger partial charge in [-0.1, -0.05) is 0 Å². The highest BCUT2D eigenvalue weighted by atomic mass is 31.2. The lowest BCUT2D eigenvalue weighted by molar-refractivity contribution is -0.364. The number of aliphatic hydroxyl groups excluding tert-OH is 2. The second kappa shape index (κ2) is 12.9. The average molecular weight is 699 g/mol. The zero-order valence-corrected chi connectivity index (χ0v) is 26.8. The van der Waals surface area contributed by atoms with E-state index in [4.69, 9.17) is 57.2 Å². The van der Waals surface area contributed by atoms with Gasteiger partial charge in [0, 0.05) is 11.8 Å². The number of hydrogen-bond donors (Lipinski definition) is 4. The Hall–Kier alpha value is -3.22. The van der Waals surface area contributed by atoms with E-state index in [0.29, 0.717) is 28.2 Å². The van der Waals surface area contributed by atoms with Crippen LogP contribution in [0.5, 0.6) is 28.7 Å². The fourth-order valence-corrected chi connectivity index (χ4v) is 7.21. The van der Waals surface area contributed by atoms with E-state index < -0.39 is 81.4 Å². The van der Waals surface area contributed by atoms with Crippen LogP contribution in [0.25, 0.3) is 0 Å². The van der Waals surface area contributed by atoms with Crippen LogP contribution in [-0.2, 0) is 37.6 Å². The Morgan fingerprint density at radius 3 is 2.27 bits per heavy atom. The molecule has 0 aromatic heterocycles. The summed E-state index contributed by atoms with van der Waals surface area (Å²) in [5, 5.41) is 22.1. The normalized spacial score (nSPS) is 33.7. The van der Waals surface area contributed by atoms with Crippen molar-refractivity contribution < 1.29 is 81.3 Å². The molecule has 1 aliphatic carbocycles. The maximum atomic E-state index is 13.6. The lowest BCUT2D eigenvalue weighted by atomic mass is 9.66. The molecule has 4 heterocycles. The smallest absolute Gasteiger partial charge is 0.472 e. The number of carbonyl (C=O) groups excluding carboxylic acids is 1. The van der Waals surface area contributed by atoms with E-state index in [1.165, 1.54) is 14.2 Å². The molecule has 0 radical (unpaired) electrons. The van der Waals surface area contributed by atoms with Gasteiger partial charge in [-0.05, 0) is 47.9 Å². The number of cyclic esters (lactones) is 1. The van der Waals surface area contributed by atoms with Gasteiger partial charge in [0.1, 0.15) is 24.4 Å². The minimum atomic E-state index is -4.82. The lowest BCUT2D eigenvalue weighted by Gasteiger charge is -2.47. The molecule has 2 aromatic rings. The molecule has 0 saturated carbocycles. The predicted octanol–water partition coefficient (Wildman–Crippen LogP) is 1.08. The van der Waals surface area contributed by atoms with Crippen LogP contribution >= 0.6 is 7.82 Å². The summed E-state index contributed by atoms with van der Waals surface area (Å²) in [6.07, 6.45) is -7.14. The summed E-state index contributed by atoms with van der Waals surface area (Å²) in [5.74, 6) is -1.42. The van der Waals surface area contributed by atoms with Crippen LogP contribution in [0, 0.1) is 11.8 Å². The highest BCUT2D eigenvalue weighted by molar-refractivity contribution is 7.46. The first-order valence-electron chi connectivity index (χ1n) is 15.1. The van der Waals surface area contributed by atoms with E-state index in [2.05, 4.69) is 4.52 Å². The SMILES string of the molecule is COc1cc([C@@H]2c3cc4c(cc3[C@@H](O[C@@H]3O[C@@H]5COC(C)O[C@H]5[C@H](O)[C@H]3O)[C@H]3COC(=O)[C@H]23)OCO4)cc(OC)c1OCOP(=O)(O)O. The summed E-state index contributed by atoms with van der Waals surface area (Å²) in [6, 6.07) is 6.74. The van der Waals surface area contributed by atoms with E-state index in [-0.39, 0.29) is 37.3 Å². The molecule has 4 aliphatic heterocycles. The van der Waals surface area contributed by atoms with Crippen LogP contribution in [0.4, 0.5) is 0 Å². The zero-order valence-electron chi connectivity index (χ0n) is 26.0. The largest absolute Gasteiger partial charge is 0.493 e. The summed E-state index contributed by atoms with van der Waals surface area (Å²) < 4.78 is 73.0. The van der Waals surface area contributed by atoms with Crippen molar-refractivity contribution in [2.45, 2.75) is 55.9 Å². The summed E-state index contributed by atoms with van der Waals surface area (Å²) in [5.41, 5.74) is 1.78. The number of benzene rings is 2. The van der Waals surface area contributed by atoms with Gasteiger partial charge in [-0.25, -0.2) is 9.09 Å². The minimum absolute atomic E-state index is 0.0102. The lowest BCUT2D eigenvalue weighted by Crippen LogP contribution is -2.63. The second-order valence-electron chi connectivity index (χ2n) is 11.9. The number of carbonyl (C=O) groups is 1. The summed E-state index contributed by atoms with van der Waals surface area (Å²) in [4.78, 5) is 31.7. The van der Waals surface area contributed by atoms with E-state index >= 15 is 0 Å². The van der Waals surface area contributed by atoms with Gasteiger partial charge < -0.3 is 67.4 Å². The standard InChI is InChI=1S/C30H35O17P/c1-12-39-9-21-28(45-12)24(31)25(32)30(46-21)47-26-15-7-18-17(41-10-42-18)6-14(15)22(23-16(26)8-40-29(23)33)13-4-19(37-2)27(20(5-13)38-3)43-11-44-48(34,35)36/h4-7,12,16,21-26,28,30-32H,8-11H2,1-3H3,(H2,34,35,36)/t12?,16-,21+,22+,23-,24+,25+,26+,28+,30-/m0/s1. The van der Waals surface area contributed by atoms with E-state index in [1.807, 2.05) is 0 Å². The van der Waals surface area contributed by atoms with Gasteiger partial charge in [0.15, 0.2) is 35.6 Å². The molecule has 1 unspecified atom stereocenters. The Kier molecular flexibility index (Phi) is 8.95. The highest BCUT2D eigenvalue weighted by Gasteiger charge is 2.56. The van der Waals surface area contributed by atoms with Crippen LogP contribution in [0.1, 0.15) is 35.6 Å². The molecule has 5 aliphatic rings. The van der Waals surface area contributed by atoms with Gasteiger partial charge in [0.2, 0.25) is 19.3 Å². The third kappa shape index (κ3) is 5.98. The number of phosphoric acid groups is 1. The second-order valence-corrected chi connectivity index (χ2v) is 13.1. The van der Waals surface area contributed by atoms with Gasteiger partial charge in [-0.15, -0.1) is 0 Å². The number of ether oxygens (including phenoxy) is 10. The predicted molar refractivity (Wildman–Crippen MR) is 155 cm³/mol. The molecule has 0 amide bonds. The van der Waals surface area contributed by atoms with Crippen molar-refractivity contribution in [3.05, 3.63) is 41.0 Å². The number of aliphatic hydroxyl groups is 2. The number of esters is 1. The number of hydrogen-bond acceptors (Lipinski definition) is 15. The van der Waals surface area contributed by atoms with Crippen molar-refractivity contribution in [3.8, 4) is 28.7 Å². The average Bonchev–Trinajstić information content (AvgIpc) is 3.68. The number of methoxy groups -OCH3 is 2. The molecule has 0 bridgehead atoms. The Balaban J connectivity index is 1.28. The van der Waals surface area contributed by atoms with Gasteiger partial charge in [-0.3, -0.25) is 4.79 Å². The van der Waals surface area contributed by atoms with Crippen LogP contribution in [0.3, 0.4) is 0 Å². The first-order chi connectivity index (χ1) is 23.0. The highest BCUT2D eigenvalue weighted by Crippen LogP contribution is 2.57. The molecule has 17 nitrogen and oxygen atoms in total. The van der Waals surface area contributed by atoms with Gasteiger partial charge in [0.25, 0.3) is 0 Å². The van der Waals surface area contributed by atoms with Crippen molar-refractivity contribution >= 4 is 13.8 Å². The first kappa shape index (κ1) is 33.3. The quantitative estimate of drug-likeness (QED) is 0.164. The van der Waals surface area contributed by atoms with E-state index in [0.717, 1.165) is 0 Å². The maximum absolute atomic E-state index is 13.6. The molecule has 18 heteroatoms. The van der Waals surface area contributed by atoms with E-state index in [1.54, 1.807) is 31.2 Å². The molecule has 262 valence electrons. The van der Waals surface area contributed by atoms with Crippen molar-refractivity contribution in [1.82, 2.24) is 0 Å². The topological polar surface area (TPSA) is 217 Å². The Morgan fingerprint density at radius 2 is 1.60 bits per heavy atom. The summed E-state index contributed by atoms with van der Waals surface area (Å²) >= 11 is 0. The summed E-state index contributed by atoms with van der Waals surface area (Å²) in [7, 11) is -2.08. The molecular weight excluding hydrogens is 663 g/mol. The maximum Gasteiger partial charge on any atom is 0.472 e. The van der Waals surface area contributed by atoms with Crippen molar-refractivity contribution in [2.24, 2.45) is 11.8 Å². The van der Waals surface area contributed by atoms with Gasteiger partial charge >= 0.3 is 13.8 Å². The molecule has 2 aromatic carbocycles. The van der Waals surface area contributed by atoms with Crippen LogP contribution in [-0.4, -0.2) is 104 Å². The molecule has 10 atom stereocenters. The van der Waals surface area contributed by atoms with Gasteiger partial charge in [-0.2, -0.15) is 0 Å². The Bertz CT molecular complexity index is 1570. The minimum Gasteiger partial charge on any atom is -0.493 e. The van der Waals surface area contributed by atoms with Crippen LogP contribution < -0.4 is 23.7 Å². The fourth-order valence-electron chi connectivity index (χ4n) is 7.02. The van der Waals surface area contributed by atoms with Crippen molar-refractivity contribution in [1.29, 1.82) is 0 Å². The third-order valence-electron chi connectivity index (χ3n) is 9.15. The Morgan fingerprint density at radius 1 is 0.917 bits per heavy atom. The molecule has 0 spiro atoms. The fraction of sp³-hybridized carbons (Fsp3) is 0.567. The molecular formula is C30H35O17P. The molecule has 48 heavy (non-hydrogen) atoms.